The molecular formula is C12H15Br. The van der Waals surface area contributed by atoms with Gasteiger partial charge in [-0.1, -0.05) is 41.1 Å². The average molecular weight is 239 g/mol. The molecule has 0 N–H and O–H groups in total. The number of allylic oxidation sites excluding steroid dienone is 1. The Morgan fingerprint density at radius 2 is 2.23 bits per heavy atom. The fourth-order valence-corrected chi connectivity index (χ4v) is 2.29. The highest BCUT2D eigenvalue weighted by molar-refractivity contribution is 9.10. The highest BCUT2D eigenvalue weighted by Crippen LogP contribution is 2.27. The van der Waals surface area contributed by atoms with Gasteiger partial charge in [0, 0.05) is 4.47 Å². The third-order valence-corrected chi connectivity index (χ3v) is 2.89. The van der Waals surface area contributed by atoms with E-state index in [0.29, 0.717) is 5.92 Å². The molecule has 70 valence electrons. The SMILES string of the molecule is C=CCC(C)c1ccc(C)cc1Br. The molecule has 0 aliphatic rings. The van der Waals surface area contributed by atoms with E-state index in [1.807, 2.05) is 6.08 Å². The van der Waals surface area contributed by atoms with Crippen molar-refractivity contribution in [3.05, 3.63) is 46.5 Å². The van der Waals surface area contributed by atoms with Crippen molar-refractivity contribution in [3.8, 4) is 0 Å². The molecule has 1 atom stereocenters. The Bertz CT molecular complexity index is 302. The van der Waals surface area contributed by atoms with Crippen molar-refractivity contribution >= 4 is 15.9 Å². The number of benzene rings is 1. The monoisotopic (exact) mass is 238 g/mol. The molecule has 0 saturated carbocycles. The first-order valence-corrected chi connectivity index (χ1v) is 5.31. The molecule has 1 rings (SSSR count). The molecule has 1 aromatic carbocycles. The van der Waals surface area contributed by atoms with Crippen LogP contribution < -0.4 is 0 Å². The van der Waals surface area contributed by atoms with Crippen molar-refractivity contribution in [2.24, 2.45) is 0 Å². The summed E-state index contributed by atoms with van der Waals surface area (Å²) in [7, 11) is 0. The Balaban J connectivity index is 2.94. The third kappa shape index (κ3) is 2.70. The van der Waals surface area contributed by atoms with Gasteiger partial charge in [0.05, 0.1) is 0 Å². The minimum absolute atomic E-state index is 0.549. The molecule has 1 heteroatoms. The van der Waals surface area contributed by atoms with Crippen molar-refractivity contribution < 1.29 is 0 Å². The lowest BCUT2D eigenvalue weighted by molar-refractivity contribution is 0.777. The van der Waals surface area contributed by atoms with Crippen LogP contribution in [0.4, 0.5) is 0 Å². The maximum atomic E-state index is 3.76. The summed E-state index contributed by atoms with van der Waals surface area (Å²) in [6, 6.07) is 6.50. The van der Waals surface area contributed by atoms with Gasteiger partial charge in [0.2, 0.25) is 0 Å². The molecule has 0 spiro atoms. The van der Waals surface area contributed by atoms with E-state index in [1.165, 1.54) is 15.6 Å². The molecule has 0 aromatic heterocycles. The van der Waals surface area contributed by atoms with E-state index in [0.717, 1.165) is 6.42 Å². The lowest BCUT2D eigenvalue weighted by atomic mass is 9.97. The zero-order chi connectivity index (χ0) is 9.84. The number of halogens is 1. The molecule has 13 heavy (non-hydrogen) atoms. The molecule has 0 radical (unpaired) electrons. The summed E-state index contributed by atoms with van der Waals surface area (Å²) in [6.07, 6.45) is 3.00. The molecule has 0 heterocycles. The Hall–Kier alpha value is -0.560. The van der Waals surface area contributed by atoms with Gasteiger partial charge in [-0.3, -0.25) is 0 Å². The predicted octanol–water partition coefficient (Wildman–Crippen LogP) is 4.44. The second-order valence-corrected chi connectivity index (χ2v) is 4.30. The topological polar surface area (TPSA) is 0 Å². The van der Waals surface area contributed by atoms with Gasteiger partial charge in [-0.2, -0.15) is 0 Å². The standard InChI is InChI=1S/C12H15Br/c1-4-5-10(3)11-7-6-9(2)8-12(11)13/h4,6-8,10H,1,5H2,2-3H3. The Kier molecular flexibility index (Phi) is 3.73. The van der Waals surface area contributed by atoms with Crippen molar-refractivity contribution in [2.75, 3.05) is 0 Å². The molecule has 0 nitrogen and oxygen atoms in total. The van der Waals surface area contributed by atoms with Gasteiger partial charge in [-0.05, 0) is 36.5 Å². The predicted molar refractivity (Wildman–Crippen MR) is 62.1 cm³/mol. The summed E-state index contributed by atoms with van der Waals surface area (Å²) in [5.41, 5.74) is 2.66. The summed E-state index contributed by atoms with van der Waals surface area (Å²) in [6.45, 7) is 8.08. The van der Waals surface area contributed by atoms with Crippen LogP contribution >= 0.6 is 15.9 Å². The van der Waals surface area contributed by atoms with Crippen LogP contribution in [0.3, 0.4) is 0 Å². The van der Waals surface area contributed by atoms with Gasteiger partial charge >= 0.3 is 0 Å². The van der Waals surface area contributed by atoms with Gasteiger partial charge in [0.15, 0.2) is 0 Å². The van der Waals surface area contributed by atoms with Crippen LogP contribution in [0.5, 0.6) is 0 Å². The Labute approximate surface area is 88.8 Å². The summed E-state index contributed by atoms with van der Waals surface area (Å²) in [5, 5.41) is 0. The first-order chi connectivity index (χ1) is 6.15. The Morgan fingerprint density at radius 1 is 1.54 bits per heavy atom. The number of rotatable bonds is 3. The molecule has 0 aliphatic heterocycles. The van der Waals surface area contributed by atoms with E-state index in [4.69, 9.17) is 0 Å². The minimum Gasteiger partial charge on any atom is -0.103 e. The quantitative estimate of drug-likeness (QED) is 0.684. The molecule has 1 aromatic rings. The van der Waals surface area contributed by atoms with Gasteiger partial charge in [-0.25, -0.2) is 0 Å². The van der Waals surface area contributed by atoms with Crippen molar-refractivity contribution in [1.82, 2.24) is 0 Å². The van der Waals surface area contributed by atoms with Crippen LogP contribution in [0.25, 0.3) is 0 Å². The maximum Gasteiger partial charge on any atom is 0.0212 e. The van der Waals surface area contributed by atoms with Gasteiger partial charge < -0.3 is 0 Å². The zero-order valence-electron chi connectivity index (χ0n) is 8.18. The fraction of sp³-hybridized carbons (Fsp3) is 0.333. The van der Waals surface area contributed by atoms with Gasteiger partial charge in [0.25, 0.3) is 0 Å². The van der Waals surface area contributed by atoms with E-state index in [-0.39, 0.29) is 0 Å². The second kappa shape index (κ2) is 4.61. The molecule has 0 fully saturated rings. The molecule has 0 bridgehead atoms. The van der Waals surface area contributed by atoms with E-state index in [1.54, 1.807) is 0 Å². The van der Waals surface area contributed by atoms with Crippen LogP contribution in [0.15, 0.2) is 35.3 Å². The normalized spacial score (nSPS) is 12.5. The van der Waals surface area contributed by atoms with Crippen LogP contribution in [0, 0.1) is 6.92 Å². The maximum absolute atomic E-state index is 3.76. The highest BCUT2D eigenvalue weighted by atomic mass is 79.9. The molecule has 0 aliphatic carbocycles. The largest absolute Gasteiger partial charge is 0.103 e. The molecular weight excluding hydrogens is 224 g/mol. The summed E-state index contributed by atoms with van der Waals surface area (Å²) < 4.78 is 1.21. The number of aryl methyl sites for hydroxylation is 1. The molecule has 0 saturated heterocycles. The van der Waals surface area contributed by atoms with E-state index >= 15 is 0 Å². The number of hydrogen-bond donors (Lipinski definition) is 0. The molecule has 0 amide bonds. The summed E-state index contributed by atoms with van der Waals surface area (Å²) in [5.74, 6) is 0.549. The third-order valence-electron chi connectivity index (χ3n) is 2.21. The van der Waals surface area contributed by atoms with Crippen LogP contribution in [0.1, 0.15) is 30.4 Å². The summed E-state index contributed by atoms with van der Waals surface area (Å²) >= 11 is 3.58. The average Bonchev–Trinajstić information content (AvgIpc) is 2.04. The van der Waals surface area contributed by atoms with Crippen molar-refractivity contribution in [1.29, 1.82) is 0 Å². The summed E-state index contributed by atoms with van der Waals surface area (Å²) in [4.78, 5) is 0. The first-order valence-electron chi connectivity index (χ1n) is 4.52. The van der Waals surface area contributed by atoms with Gasteiger partial charge in [-0.15, -0.1) is 6.58 Å². The van der Waals surface area contributed by atoms with Crippen molar-refractivity contribution in [3.63, 3.8) is 0 Å². The smallest absolute Gasteiger partial charge is 0.0212 e. The Morgan fingerprint density at radius 3 is 2.77 bits per heavy atom. The lowest BCUT2D eigenvalue weighted by Gasteiger charge is -2.11. The fourth-order valence-electron chi connectivity index (χ4n) is 1.41. The van der Waals surface area contributed by atoms with E-state index in [2.05, 4.69) is 54.6 Å². The van der Waals surface area contributed by atoms with Crippen molar-refractivity contribution in [2.45, 2.75) is 26.2 Å². The van der Waals surface area contributed by atoms with Crippen LogP contribution in [-0.4, -0.2) is 0 Å². The number of hydrogen-bond acceptors (Lipinski definition) is 0. The first kappa shape index (κ1) is 10.5. The second-order valence-electron chi connectivity index (χ2n) is 3.45. The minimum atomic E-state index is 0.549. The van der Waals surface area contributed by atoms with E-state index in [9.17, 15) is 0 Å². The lowest BCUT2D eigenvalue weighted by Crippen LogP contribution is -1.93. The highest BCUT2D eigenvalue weighted by Gasteiger charge is 2.06. The van der Waals surface area contributed by atoms with Crippen LogP contribution in [-0.2, 0) is 0 Å². The molecule has 1 unspecified atom stereocenters. The van der Waals surface area contributed by atoms with Crippen LogP contribution in [0.2, 0.25) is 0 Å². The zero-order valence-corrected chi connectivity index (χ0v) is 9.76. The van der Waals surface area contributed by atoms with Gasteiger partial charge in [0.1, 0.15) is 0 Å². The van der Waals surface area contributed by atoms with E-state index < -0.39 is 0 Å².